The molecule has 1 saturated heterocycles. The molecule has 0 saturated carbocycles. The highest BCUT2D eigenvalue weighted by Gasteiger charge is 2.38. The second kappa shape index (κ2) is 7.28. The summed E-state index contributed by atoms with van der Waals surface area (Å²) in [4.78, 5) is 14.2. The van der Waals surface area contributed by atoms with E-state index < -0.39 is 5.60 Å². The minimum Gasteiger partial charge on any atom is -0.393 e. The lowest BCUT2D eigenvalue weighted by Gasteiger charge is -2.42. The zero-order chi connectivity index (χ0) is 17.9. The number of nitrogens with zero attached hydrogens (tertiary/aromatic N) is 3. The molecule has 25 heavy (non-hydrogen) atoms. The van der Waals surface area contributed by atoms with Gasteiger partial charge in [0.25, 0.3) is 0 Å². The van der Waals surface area contributed by atoms with Crippen molar-refractivity contribution in [2.45, 2.75) is 25.4 Å². The van der Waals surface area contributed by atoms with E-state index >= 15 is 0 Å². The van der Waals surface area contributed by atoms with Crippen LogP contribution in [0.5, 0.6) is 0 Å². The highest BCUT2D eigenvalue weighted by Crippen LogP contribution is 2.25. The van der Waals surface area contributed by atoms with Gasteiger partial charge in [-0.05, 0) is 18.6 Å². The molecular formula is C17H20FN3O4. The van der Waals surface area contributed by atoms with Gasteiger partial charge in [0, 0.05) is 13.0 Å². The molecule has 1 aromatic carbocycles. The van der Waals surface area contributed by atoms with Gasteiger partial charge in [-0.1, -0.05) is 28.5 Å². The first-order chi connectivity index (χ1) is 12.0. The maximum atomic E-state index is 14.0. The van der Waals surface area contributed by atoms with Crippen molar-refractivity contribution in [2.24, 2.45) is 0 Å². The molecule has 1 atom stereocenters. The predicted molar refractivity (Wildman–Crippen MR) is 85.2 cm³/mol. The van der Waals surface area contributed by atoms with E-state index in [-0.39, 0.29) is 44.3 Å². The van der Waals surface area contributed by atoms with E-state index in [0.29, 0.717) is 23.5 Å². The van der Waals surface area contributed by atoms with Gasteiger partial charge in [0.15, 0.2) is 0 Å². The lowest BCUT2D eigenvalue weighted by Crippen LogP contribution is -2.57. The number of ether oxygens (including phenoxy) is 1. The zero-order valence-corrected chi connectivity index (χ0v) is 13.9. The molecule has 134 valence electrons. The van der Waals surface area contributed by atoms with Gasteiger partial charge >= 0.3 is 0 Å². The number of hydrogen-bond donors (Lipinski definition) is 1. The summed E-state index contributed by atoms with van der Waals surface area (Å²) in [5, 5.41) is 17.3. The van der Waals surface area contributed by atoms with Crippen molar-refractivity contribution in [1.29, 1.82) is 0 Å². The molecule has 2 heterocycles. The van der Waals surface area contributed by atoms with E-state index in [4.69, 9.17) is 4.74 Å². The summed E-state index contributed by atoms with van der Waals surface area (Å²) in [6, 6.07) is 6.36. The summed E-state index contributed by atoms with van der Waals surface area (Å²) in [6.07, 6.45) is 0.251. The molecule has 0 radical (unpaired) electrons. The van der Waals surface area contributed by atoms with Crippen LogP contribution in [0.25, 0.3) is 0 Å². The van der Waals surface area contributed by atoms with Crippen LogP contribution < -0.4 is 0 Å². The van der Waals surface area contributed by atoms with Gasteiger partial charge in [0.2, 0.25) is 5.91 Å². The van der Waals surface area contributed by atoms with E-state index in [1.165, 1.54) is 6.07 Å². The molecule has 1 amide bonds. The van der Waals surface area contributed by atoms with E-state index in [1.807, 2.05) is 0 Å². The molecule has 8 heteroatoms. The Morgan fingerprint density at radius 2 is 2.20 bits per heavy atom. The second-order valence-corrected chi connectivity index (χ2v) is 6.25. The molecule has 1 aromatic heterocycles. The summed E-state index contributed by atoms with van der Waals surface area (Å²) in [7, 11) is 0. The summed E-state index contributed by atoms with van der Waals surface area (Å²) >= 11 is 0. The Morgan fingerprint density at radius 3 is 2.88 bits per heavy atom. The highest BCUT2D eigenvalue weighted by molar-refractivity contribution is 5.78. The summed E-state index contributed by atoms with van der Waals surface area (Å²) in [5.41, 5.74) is 0.483. The average Bonchev–Trinajstić information content (AvgIpc) is 3.02. The molecule has 1 fully saturated rings. The van der Waals surface area contributed by atoms with Crippen LogP contribution in [0.2, 0.25) is 0 Å². The predicted octanol–water partition coefficient (Wildman–Crippen LogP) is 0.892. The van der Waals surface area contributed by atoms with Crippen molar-refractivity contribution in [2.75, 3.05) is 26.3 Å². The van der Waals surface area contributed by atoms with E-state index in [9.17, 15) is 14.3 Å². The Hall–Kier alpha value is -2.32. The number of halogens is 1. The molecule has 0 bridgehead atoms. The molecule has 0 aliphatic carbocycles. The molecule has 1 aliphatic heterocycles. The standard InChI is InChI=1S/C17H20FN3O4/c1-12-15(20-25-19-12)8-16(23)21-6-7-24-17(10-21,11-22)9-13-4-2-3-5-14(13)18/h2-5,22H,6-11H2,1H3/t17-/m0/s1. The van der Waals surface area contributed by atoms with Crippen molar-refractivity contribution in [3.63, 3.8) is 0 Å². The fourth-order valence-corrected chi connectivity index (χ4v) is 2.97. The molecule has 0 spiro atoms. The Labute approximate surface area is 144 Å². The zero-order valence-electron chi connectivity index (χ0n) is 13.9. The molecule has 1 aliphatic rings. The quantitative estimate of drug-likeness (QED) is 0.862. The molecule has 0 unspecified atom stereocenters. The third kappa shape index (κ3) is 3.85. The number of carbonyl (C=O) groups is 1. The maximum Gasteiger partial charge on any atom is 0.228 e. The summed E-state index contributed by atoms with van der Waals surface area (Å²) < 4.78 is 24.3. The maximum absolute atomic E-state index is 14.0. The molecule has 3 rings (SSSR count). The lowest BCUT2D eigenvalue weighted by molar-refractivity contribution is -0.157. The lowest BCUT2D eigenvalue weighted by atomic mass is 9.92. The van der Waals surface area contributed by atoms with Crippen LogP contribution in [0.15, 0.2) is 28.9 Å². The number of rotatable bonds is 5. The number of morpholine rings is 1. The van der Waals surface area contributed by atoms with Crippen LogP contribution >= 0.6 is 0 Å². The number of benzene rings is 1. The number of aliphatic hydroxyl groups excluding tert-OH is 1. The minimum atomic E-state index is -1.02. The number of aryl methyl sites for hydroxylation is 1. The summed E-state index contributed by atoms with van der Waals surface area (Å²) in [5.74, 6) is -0.514. The van der Waals surface area contributed by atoms with Gasteiger partial charge in [-0.15, -0.1) is 0 Å². The molecule has 2 aromatic rings. The van der Waals surface area contributed by atoms with Crippen molar-refractivity contribution < 1.29 is 23.7 Å². The summed E-state index contributed by atoms with van der Waals surface area (Å²) in [6.45, 7) is 2.27. The number of carbonyl (C=O) groups excluding carboxylic acids is 1. The Bertz CT molecular complexity index is 751. The number of hydrogen-bond acceptors (Lipinski definition) is 6. The van der Waals surface area contributed by atoms with Crippen molar-refractivity contribution >= 4 is 5.91 Å². The van der Waals surface area contributed by atoms with Crippen LogP contribution in [0.1, 0.15) is 17.0 Å². The monoisotopic (exact) mass is 349 g/mol. The van der Waals surface area contributed by atoms with Gasteiger partial charge in [-0.2, -0.15) is 0 Å². The van der Waals surface area contributed by atoms with Crippen LogP contribution in [0.4, 0.5) is 4.39 Å². The van der Waals surface area contributed by atoms with Gasteiger partial charge in [-0.25, -0.2) is 9.02 Å². The number of aromatic nitrogens is 2. The Morgan fingerprint density at radius 1 is 1.40 bits per heavy atom. The Kier molecular flexibility index (Phi) is 5.10. The first kappa shape index (κ1) is 17.5. The van der Waals surface area contributed by atoms with Crippen LogP contribution in [0.3, 0.4) is 0 Å². The smallest absolute Gasteiger partial charge is 0.228 e. The van der Waals surface area contributed by atoms with Crippen LogP contribution in [0, 0.1) is 12.7 Å². The molecular weight excluding hydrogens is 329 g/mol. The van der Waals surface area contributed by atoms with Crippen LogP contribution in [-0.2, 0) is 22.4 Å². The number of aliphatic hydroxyl groups is 1. The fraction of sp³-hybridized carbons (Fsp3) is 0.471. The third-order valence-electron chi connectivity index (χ3n) is 4.42. The van der Waals surface area contributed by atoms with Gasteiger partial charge in [-0.3, -0.25) is 4.79 Å². The first-order valence-electron chi connectivity index (χ1n) is 8.07. The normalized spacial score (nSPS) is 20.7. The van der Waals surface area contributed by atoms with Gasteiger partial charge in [0.05, 0.1) is 26.2 Å². The Balaban J connectivity index is 1.72. The highest BCUT2D eigenvalue weighted by atomic mass is 19.1. The van der Waals surface area contributed by atoms with Gasteiger partial charge in [0.1, 0.15) is 22.8 Å². The van der Waals surface area contributed by atoms with E-state index in [1.54, 1.807) is 30.0 Å². The SMILES string of the molecule is Cc1nonc1CC(=O)N1CCO[C@@](CO)(Cc2ccccc2F)C1. The molecule has 1 N–H and O–H groups in total. The minimum absolute atomic E-state index is 0.0660. The van der Waals surface area contributed by atoms with E-state index in [2.05, 4.69) is 14.9 Å². The molecule has 7 nitrogen and oxygen atoms in total. The average molecular weight is 349 g/mol. The van der Waals surface area contributed by atoms with Gasteiger partial charge < -0.3 is 14.7 Å². The van der Waals surface area contributed by atoms with E-state index in [0.717, 1.165) is 0 Å². The third-order valence-corrected chi connectivity index (χ3v) is 4.42. The van der Waals surface area contributed by atoms with Crippen molar-refractivity contribution in [3.8, 4) is 0 Å². The van der Waals surface area contributed by atoms with Crippen molar-refractivity contribution in [3.05, 3.63) is 47.0 Å². The fourth-order valence-electron chi connectivity index (χ4n) is 2.97. The second-order valence-electron chi connectivity index (χ2n) is 6.25. The largest absolute Gasteiger partial charge is 0.393 e. The van der Waals surface area contributed by atoms with Crippen molar-refractivity contribution in [1.82, 2.24) is 15.2 Å². The first-order valence-corrected chi connectivity index (χ1v) is 8.07. The number of amides is 1. The topological polar surface area (TPSA) is 88.7 Å². The van der Waals surface area contributed by atoms with Crippen LogP contribution in [-0.4, -0.2) is 58.1 Å².